The van der Waals surface area contributed by atoms with Gasteiger partial charge >= 0.3 is 12.1 Å². The molecule has 1 aromatic heterocycles. The monoisotopic (exact) mass is 318 g/mol. The van der Waals surface area contributed by atoms with Crippen LogP contribution < -0.4 is 5.32 Å². The molecule has 0 saturated carbocycles. The molecule has 0 spiro atoms. The number of hydrogen-bond donors (Lipinski definition) is 2. The van der Waals surface area contributed by atoms with Crippen LogP contribution in [0, 0.1) is 6.92 Å². The lowest BCUT2D eigenvalue weighted by Crippen LogP contribution is -2.27. The first-order valence-electron chi connectivity index (χ1n) is 6.97. The molecule has 0 radical (unpaired) electrons. The van der Waals surface area contributed by atoms with Crippen LogP contribution >= 0.6 is 0 Å². The molecule has 122 valence electrons. The maximum Gasteiger partial charge on any atom is 0.412 e. The van der Waals surface area contributed by atoms with Gasteiger partial charge in [-0.3, -0.25) is 5.32 Å². The number of aromatic carboxylic acids is 1. The Morgan fingerprint density at radius 2 is 1.96 bits per heavy atom. The van der Waals surface area contributed by atoms with Gasteiger partial charge in [-0.05, 0) is 39.3 Å². The van der Waals surface area contributed by atoms with Crippen molar-refractivity contribution in [1.82, 2.24) is 5.16 Å². The van der Waals surface area contributed by atoms with Gasteiger partial charge in [0.05, 0.1) is 0 Å². The largest absolute Gasteiger partial charge is 0.475 e. The summed E-state index contributed by atoms with van der Waals surface area (Å²) in [5.74, 6) is -1.44. The maximum absolute atomic E-state index is 11.9. The molecule has 0 bridgehead atoms. The average molecular weight is 318 g/mol. The number of aromatic nitrogens is 1. The molecular formula is C16H18N2O5. The van der Waals surface area contributed by atoms with Crippen molar-refractivity contribution < 1.29 is 24.0 Å². The van der Waals surface area contributed by atoms with Gasteiger partial charge in [0.15, 0.2) is 0 Å². The SMILES string of the molecule is Cc1ccc(-c2cc(C(=O)O)on2)cc1NC(=O)OC(C)(C)C. The fourth-order valence-corrected chi connectivity index (χ4v) is 1.84. The molecule has 2 rings (SSSR count). The van der Waals surface area contributed by atoms with E-state index in [9.17, 15) is 9.59 Å². The molecular weight excluding hydrogens is 300 g/mol. The number of carbonyl (C=O) groups excluding carboxylic acids is 1. The number of hydrogen-bond acceptors (Lipinski definition) is 5. The summed E-state index contributed by atoms with van der Waals surface area (Å²) in [5, 5.41) is 15.3. The highest BCUT2D eigenvalue weighted by Crippen LogP contribution is 2.25. The minimum atomic E-state index is -1.19. The van der Waals surface area contributed by atoms with Crippen molar-refractivity contribution >= 4 is 17.7 Å². The minimum absolute atomic E-state index is 0.248. The van der Waals surface area contributed by atoms with Crippen LogP contribution in [0.4, 0.5) is 10.5 Å². The summed E-state index contributed by atoms with van der Waals surface area (Å²) in [7, 11) is 0. The number of aryl methyl sites for hydroxylation is 1. The molecule has 0 aliphatic rings. The molecule has 23 heavy (non-hydrogen) atoms. The van der Waals surface area contributed by atoms with Crippen LogP contribution in [0.15, 0.2) is 28.8 Å². The van der Waals surface area contributed by atoms with E-state index in [1.165, 1.54) is 6.07 Å². The predicted molar refractivity (Wildman–Crippen MR) is 83.5 cm³/mol. The van der Waals surface area contributed by atoms with E-state index >= 15 is 0 Å². The summed E-state index contributed by atoms with van der Waals surface area (Å²) in [6.07, 6.45) is -0.566. The Bertz CT molecular complexity index is 743. The van der Waals surface area contributed by atoms with Crippen LogP contribution in [-0.2, 0) is 4.74 Å². The molecule has 0 atom stereocenters. The van der Waals surface area contributed by atoms with Crippen LogP contribution in [0.2, 0.25) is 0 Å². The van der Waals surface area contributed by atoms with Gasteiger partial charge in [0.1, 0.15) is 11.3 Å². The fourth-order valence-electron chi connectivity index (χ4n) is 1.84. The standard InChI is InChI=1S/C16H18N2O5/c1-9-5-6-10(12-8-13(14(19)20)23-18-12)7-11(9)17-15(21)22-16(2,3)4/h5-8H,1-4H3,(H,17,21)(H,19,20). The highest BCUT2D eigenvalue weighted by molar-refractivity contribution is 5.88. The van der Waals surface area contributed by atoms with E-state index in [4.69, 9.17) is 14.4 Å². The molecule has 0 aliphatic heterocycles. The highest BCUT2D eigenvalue weighted by atomic mass is 16.6. The smallest absolute Gasteiger partial charge is 0.412 e. The first-order chi connectivity index (χ1) is 10.7. The third-order valence-corrected chi connectivity index (χ3v) is 2.89. The van der Waals surface area contributed by atoms with Crippen LogP contribution in [-0.4, -0.2) is 27.9 Å². The zero-order chi connectivity index (χ0) is 17.2. The molecule has 0 saturated heterocycles. The van der Waals surface area contributed by atoms with Crippen molar-refractivity contribution in [2.75, 3.05) is 5.32 Å². The number of anilines is 1. The lowest BCUT2D eigenvalue weighted by Gasteiger charge is -2.20. The number of rotatable bonds is 3. The summed E-state index contributed by atoms with van der Waals surface area (Å²) < 4.78 is 9.95. The van der Waals surface area contributed by atoms with Gasteiger partial charge in [0, 0.05) is 17.3 Å². The van der Waals surface area contributed by atoms with E-state index < -0.39 is 17.7 Å². The number of benzene rings is 1. The van der Waals surface area contributed by atoms with Crippen molar-refractivity contribution in [2.24, 2.45) is 0 Å². The van der Waals surface area contributed by atoms with E-state index in [0.717, 1.165) is 5.56 Å². The molecule has 0 fully saturated rings. The molecule has 7 nitrogen and oxygen atoms in total. The van der Waals surface area contributed by atoms with Gasteiger partial charge in [0.2, 0.25) is 5.76 Å². The number of carboxylic acids is 1. The predicted octanol–water partition coefficient (Wildman–Crippen LogP) is 3.70. The Balaban J connectivity index is 2.24. The first kappa shape index (κ1) is 16.5. The van der Waals surface area contributed by atoms with Crippen molar-refractivity contribution in [3.8, 4) is 11.3 Å². The second kappa shape index (κ2) is 6.12. The number of nitrogens with zero attached hydrogens (tertiary/aromatic N) is 1. The van der Waals surface area contributed by atoms with Crippen LogP contribution in [0.3, 0.4) is 0 Å². The van der Waals surface area contributed by atoms with Crippen molar-refractivity contribution in [3.63, 3.8) is 0 Å². The second-order valence-corrected chi connectivity index (χ2v) is 6.04. The zero-order valence-corrected chi connectivity index (χ0v) is 13.3. The zero-order valence-electron chi connectivity index (χ0n) is 13.3. The third kappa shape index (κ3) is 4.32. The van der Waals surface area contributed by atoms with E-state index in [2.05, 4.69) is 10.5 Å². The van der Waals surface area contributed by atoms with Crippen LogP contribution in [0.1, 0.15) is 36.9 Å². The number of ether oxygens (including phenoxy) is 1. The molecule has 1 aromatic carbocycles. The summed E-state index contributed by atoms with van der Waals surface area (Å²) in [4.78, 5) is 22.7. The van der Waals surface area contributed by atoms with Crippen LogP contribution in [0.25, 0.3) is 11.3 Å². The van der Waals surface area contributed by atoms with Gasteiger partial charge in [-0.25, -0.2) is 9.59 Å². The summed E-state index contributed by atoms with van der Waals surface area (Å²) >= 11 is 0. The summed E-state index contributed by atoms with van der Waals surface area (Å²) in [5.41, 5.74) is 1.78. The van der Waals surface area contributed by atoms with E-state index in [1.807, 2.05) is 6.92 Å². The quantitative estimate of drug-likeness (QED) is 0.894. The topological polar surface area (TPSA) is 102 Å². The number of carboxylic acid groups (broad SMARTS) is 1. The number of nitrogens with one attached hydrogen (secondary N) is 1. The van der Waals surface area contributed by atoms with Gasteiger partial charge in [-0.1, -0.05) is 17.3 Å². The van der Waals surface area contributed by atoms with Crippen molar-refractivity contribution in [3.05, 3.63) is 35.6 Å². The molecule has 0 aliphatic carbocycles. The van der Waals surface area contributed by atoms with E-state index in [0.29, 0.717) is 16.9 Å². The molecule has 0 unspecified atom stereocenters. The fraction of sp³-hybridized carbons (Fsp3) is 0.312. The molecule has 2 aromatic rings. The lowest BCUT2D eigenvalue weighted by molar-refractivity contribution is 0.0630. The van der Waals surface area contributed by atoms with Gasteiger partial charge < -0.3 is 14.4 Å². The van der Waals surface area contributed by atoms with Crippen molar-refractivity contribution in [2.45, 2.75) is 33.3 Å². The Hall–Kier alpha value is -2.83. The molecule has 1 amide bonds. The molecule has 1 heterocycles. The minimum Gasteiger partial charge on any atom is -0.475 e. The van der Waals surface area contributed by atoms with Crippen molar-refractivity contribution in [1.29, 1.82) is 0 Å². The van der Waals surface area contributed by atoms with Gasteiger partial charge in [-0.15, -0.1) is 0 Å². The average Bonchev–Trinajstić information content (AvgIpc) is 2.89. The number of amides is 1. The second-order valence-electron chi connectivity index (χ2n) is 6.04. The van der Waals surface area contributed by atoms with Crippen LogP contribution in [0.5, 0.6) is 0 Å². The Kier molecular flexibility index (Phi) is 4.40. The summed E-state index contributed by atoms with van der Waals surface area (Å²) in [6.45, 7) is 7.16. The Morgan fingerprint density at radius 1 is 1.26 bits per heavy atom. The summed E-state index contributed by atoms with van der Waals surface area (Å²) in [6, 6.07) is 6.56. The van der Waals surface area contributed by atoms with Gasteiger partial charge in [0.25, 0.3) is 0 Å². The third-order valence-electron chi connectivity index (χ3n) is 2.89. The Morgan fingerprint density at radius 3 is 2.52 bits per heavy atom. The first-order valence-corrected chi connectivity index (χ1v) is 6.97. The van der Waals surface area contributed by atoms with Gasteiger partial charge in [-0.2, -0.15) is 0 Å². The molecule has 2 N–H and O–H groups in total. The molecule has 7 heteroatoms. The normalized spacial score (nSPS) is 11.1. The lowest BCUT2D eigenvalue weighted by atomic mass is 10.1. The van der Waals surface area contributed by atoms with E-state index in [1.54, 1.807) is 39.0 Å². The highest BCUT2D eigenvalue weighted by Gasteiger charge is 2.18. The van der Waals surface area contributed by atoms with E-state index in [-0.39, 0.29) is 5.76 Å². The Labute approximate surface area is 133 Å². The maximum atomic E-state index is 11.9. The number of carbonyl (C=O) groups is 2.